The fourth-order valence-electron chi connectivity index (χ4n) is 1.37. The van der Waals surface area contributed by atoms with Gasteiger partial charge in [0.25, 0.3) is 0 Å². The highest BCUT2D eigenvalue weighted by molar-refractivity contribution is 9.10. The van der Waals surface area contributed by atoms with Crippen LogP contribution in [0, 0.1) is 5.82 Å². The maximum Gasteiger partial charge on any atom is 0.230 e. The zero-order valence-electron chi connectivity index (χ0n) is 9.55. The monoisotopic (exact) mass is 325 g/mol. The number of amidine groups is 1. The van der Waals surface area contributed by atoms with Crippen LogP contribution in [0.25, 0.3) is 0 Å². The van der Waals surface area contributed by atoms with E-state index in [1.165, 1.54) is 24.4 Å². The number of nitrogens with zero attached hydrogens (tertiary/aromatic N) is 2. The van der Waals surface area contributed by atoms with Crippen molar-refractivity contribution in [1.82, 2.24) is 4.98 Å². The standard InChI is InChI=1S/C12H9BrFN3O2/c13-9-6-7(3-4-10(9)14)19-12-8(11(15)17-18)2-1-5-16-12/h1-6,18H,(H2,15,17). The molecule has 2 rings (SSSR count). The van der Waals surface area contributed by atoms with E-state index in [1.54, 1.807) is 12.1 Å². The van der Waals surface area contributed by atoms with Crippen LogP contribution in [0.2, 0.25) is 0 Å². The van der Waals surface area contributed by atoms with Crippen LogP contribution in [0.15, 0.2) is 46.2 Å². The number of nitrogens with two attached hydrogens (primary N) is 1. The van der Waals surface area contributed by atoms with Gasteiger partial charge in [0.05, 0.1) is 10.0 Å². The van der Waals surface area contributed by atoms with Gasteiger partial charge in [0.1, 0.15) is 11.6 Å². The Morgan fingerprint density at radius 2 is 2.21 bits per heavy atom. The molecule has 1 heterocycles. The van der Waals surface area contributed by atoms with E-state index in [1.807, 2.05) is 0 Å². The molecule has 0 aliphatic carbocycles. The van der Waals surface area contributed by atoms with Crippen LogP contribution in [0.1, 0.15) is 5.56 Å². The summed E-state index contributed by atoms with van der Waals surface area (Å²) in [6.07, 6.45) is 1.50. The highest BCUT2D eigenvalue weighted by Crippen LogP contribution is 2.27. The van der Waals surface area contributed by atoms with Crippen molar-refractivity contribution in [1.29, 1.82) is 0 Å². The zero-order valence-corrected chi connectivity index (χ0v) is 11.1. The van der Waals surface area contributed by atoms with Gasteiger partial charge < -0.3 is 15.7 Å². The van der Waals surface area contributed by atoms with E-state index in [4.69, 9.17) is 15.7 Å². The van der Waals surface area contributed by atoms with Crippen molar-refractivity contribution in [3.05, 3.63) is 52.4 Å². The highest BCUT2D eigenvalue weighted by Gasteiger charge is 2.11. The molecule has 0 saturated heterocycles. The van der Waals surface area contributed by atoms with Crippen LogP contribution in [0.3, 0.4) is 0 Å². The first-order valence-electron chi connectivity index (χ1n) is 5.17. The van der Waals surface area contributed by atoms with E-state index in [2.05, 4.69) is 26.1 Å². The van der Waals surface area contributed by atoms with Crippen molar-refractivity contribution in [2.75, 3.05) is 0 Å². The predicted octanol–water partition coefficient (Wildman–Crippen LogP) is 2.87. The molecular formula is C12H9BrFN3O2. The molecule has 1 aromatic carbocycles. The smallest absolute Gasteiger partial charge is 0.230 e. The van der Waals surface area contributed by atoms with Crippen molar-refractivity contribution < 1.29 is 14.3 Å². The molecule has 0 unspecified atom stereocenters. The topological polar surface area (TPSA) is 80.7 Å². The zero-order chi connectivity index (χ0) is 13.8. The van der Waals surface area contributed by atoms with Crippen LogP contribution >= 0.6 is 15.9 Å². The minimum atomic E-state index is -0.398. The number of oxime groups is 1. The molecule has 98 valence electrons. The average molecular weight is 326 g/mol. The Kier molecular flexibility index (Phi) is 3.96. The minimum absolute atomic E-state index is 0.121. The molecule has 3 N–H and O–H groups in total. The quantitative estimate of drug-likeness (QED) is 0.393. The summed E-state index contributed by atoms with van der Waals surface area (Å²) in [5.74, 6) is 0.0181. The number of halogens is 2. The van der Waals surface area contributed by atoms with Crippen molar-refractivity contribution in [3.63, 3.8) is 0 Å². The molecule has 7 heteroatoms. The molecule has 0 fully saturated rings. The molecule has 0 spiro atoms. The lowest BCUT2D eigenvalue weighted by atomic mass is 10.2. The van der Waals surface area contributed by atoms with Gasteiger partial charge >= 0.3 is 0 Å². The predicted molar refractivity (Wildman–Crippen MR) is 70.9 cm³/mol. The Balaban J connectivity index is 2.35. The van der Waals surface area contributed by atoms with Crippen LogP contribution in [0.4, 0.5) is 4.39 Å². The van der Waals surface area contributed by atoms with Gasteiger partial charge in [0, 0.05) is 6.20 Å². The first-order chi connectivity index (χ1) is 9.11. The van der Waals surface area contributed by atoms with Crippen molar-refractivity contribution in [2.24, 2.45) is 10.9 Å². The van der Waals surface area contributed by atoms with Crippen LogP contribution in [0.5, 0.6) is 11.6 Å². The third kappa shape index (κ3) is 3.00. The molecule has 0 aliphatic rings. The van der Waals surface area contributed by atoms with Crippen molar-refractivity contribution in [2.45, 2.75) is 0 Å². The molecule has 2 aromatic rings. The van der Waals surface area contributed by atoms with Crippen molar-refractivity contribution >= 4 is 21.8 Å². The number of hydrogen-bond acceptors (Lipinski definition) is 4. The lowest BCUT2D eigenvalue weighted by Gasteiger charge is -2.09. The summed E-state index contributed by atoms with van der Waals surface area (Å²) in [6, 6.07) is 7.38. The molecule has 0 radical (unpaired) electrons. The fraction of sp³-hybridized carbons (Fsp3) is 0. The highest BCUT2D eigenvalue weighted by atomic mass is 79.9. The van der Waals surface area contributed by atoms with Crippen molar-refractivity contribution in [3.8, 4) is 11.6 Å². The number of ether oxygens (including phenoxy) is 1. The molecule has 0 bridgehead atoms. The third-order valence-electron chi connectivity index (χ3n) is 2.26. The maximum absolute atomic E-state index is 13.1. The van der Waals surface area contributed by atoms with Gasteiger partial charge in [-0.15, -0.1) is 0 Å². The normalized spacial score (nSPS) is 11.4. The number of hydrogen-bond donors (Lipinski definition) is 2. The Bertz CT molecular complexity index is 634. The van der Waals surface area contributed by atoms with Gasteiger partial charge in [-0.1, -0.05) is 5.16 Å². The largest absolute Gasteiger partial charge is 0.438 e. The van der Waals surface area contributed by atoms with Gasteiger partial charge in [-0.05, 0) is 46.3 Å². The van der Waals surface area contributed by atoms with E-state index < -0.39 is 5.82 Å². The first-order valence-corrected chi connectivity index (χ1v) is 5.97. The first kappa shape index (κ1) is 13.3. The van der Waals surface area contributed by atoms with Gasteiger partial charge in [-0.3, -0.25) is 0 Å². The molecule has 1 aromatic heterocycles. The third-order valence-corrected chi connectivity index (χ3v) is 2.87. The van der Waals surface area contributed by atoms with Crippen LogP contribution in [-0.2, 0) is 0 Å². The molecule has 19 heavy (non-hydrogen) atoms. The van der Waals surface area contributed by atoms with Gasteiger partial charge in [0.2, 0.25) is 5.88 Å². The minimum Gasteiger partial charge on any atom is -0.438 e. The van der Waals surface area contributed by atoms with Crippen LogP contribution < -0.4 is 10.5 Å². The van der Waals surface area contributed by atoms with Gasteiger partial charge in [-0.2, -0.15) is 0 Å². The summed E-state index contributed by atoms with van der Waals surface area (Å²) >= 11 is 3.06. The SMILES string of the molecule is N/C(=N/O)c1cccnc1Oc1ccc(F)c(Br)c1. The lowest BCUT2D eigenvalue weighted by molar-refractivity contribution is 0.318. The number of aromatic nitrogens is 1. The lowest BCUT2D eigenvalue weighted by Crippen LogP contribution is -2.14. The second kappa shape index (κ2) is 5.66. The number of pyridine rings is 1. The molecule has 0 aliphatic heterocycles. The summed E-state index contributed by atoms with van der Waals surface area (Å²) in [7, 11) is 0. The van der Waals surface area contributed by atoms with E-state index in [-0.39, 0.29) is 16.2 Å². The van der Waals surface area contributed by atoms with Crippen LogP contribution in [-0.4, -0.2) is 16.0 Å². The second-order valence-corrected chi connectivity index (χ2v) is 4.37. The number of rotatable bonds is 3. The number of benzene rings is 1. The summed E-state index contributed by atoms with van der Waals surface area (Å²) in [5, 5.41) is 11.6. The Labute approximate surface area is 116 Å². The molecule has 0 saturated carbocycles. The fourth-order valence-corrected chi connectivity index (χ4v) is 1.73. The Hall–Kier alpha value is -2.15. The molecular weight excluding hydrogens is 317 g/mol. The Morgan fingerprint density at radius 3 is 2.89 bits per heavy atom. The molecule has 0 atom stereocenters. The summed E-state index contributed by atoms with van der Waals surface area (Å²) in [5.41, 5.74) is 5.85. The summed E-state index contributed by atoms with van der Waals surface area (Å²) < 4.78 is 18.9. The van der Waals surface area contributed by atoms with E-state index in [0.717, 1.165) is 0 Å². The summed E-state index contributed by atoms with van der Waals surface area (Å²) in [4.78, 5) is 3.99. The molecule has 0 amide bonds. The van der Waals surface area contributed by atoms with Gasteiger partial charge in [-0.25, -0.2) is 9.37 Å². The Morgan fingerprint density at radius 1 is 1.42 bits per heavy atom. The van der Waals surface area contributed by atoms with E-state index >= 15 is 0 Å². The maximum atomic E-state index is 13.1. The summed E-state index contributed by atoms with van der Waals surface area (Å²) in [6.45, 7) is 0. The molecule has 5 nitrogen and oxygen atoms in total. The van der Waals surface area contributed by atoms with E-state index in [9.17, 15) is 4.39 Å². The second-order valence-electron chi connectivity index (χ2n) is 3.52. The van der Waals surface area contributed by atoms with Gasteiger partial charge in [0.15, 0.2) is 5.84 Å². The van der Waals surface area contributed by atoms with E-state index in [0.29, 0.717) is 11.3 Å². The average Bonchev–Trinajstić information content (AvgIpc) is 2.43.